The summed E-state index contributed by atoms with van der Waals surface area (Å²) in [5, 5.41) is 0. The SMILES string of the molecule is Fc1cc(F)cc(Oc2ccc(SC(F)(F)F)c3c2C(Br)CC32OCCO2)c1. The summed E-state index contributed by atoms with van der Waals surface area (Å²) in [7, 11) is 0. The largest absolute Gasteiger partial charge is 0.457 e. The lowest BCUT2D eigenvalue weighted by molar-refractivity contribution is -0.164. The van der Waals surface area contributed by atoms with E-state index in [1.54, 1.807) is 0 Å². The molecule has 0 N–H and O–H groups in total. The Morgan fingerprint density at radius 3 is 2.32 bits per heavy atom. The Morgan fingerprint density at radius 1 is 1.07 bits per heavy atom. The molecule has 0 radical (unpaired) electrons. The van der Waals surface area contributed by atoms with Crippen LogP contribution < -0.4 is 4.74 Å². The van der Waals surface area contributed by atoms with Crippen LogP contribution in [0.15, 0.2) is 35.2 Å². The average Bonchev–Trinajstić information content (AvgIpc) is 3.13. The molecule has 150 valence electrons. The van der Waals surface area contributed by atoms with Gasteiger partial charge in [0.2, 0.25) is 0 Å². The van der Waals surface area contributed by atoms with Gasteiger partial charge in [0, 0.05) is 45.5 Å². The van der Waals surface area contributed by atoms with Crippen molar-refractivity contribution in [2.45, 2.75) is 27.4 Å². The van der Waals surface area contributed by atoms with Crippen molar-refractivity contribution in [1.29, 1.82) is 0 Å². The Kier molecular flexibility index (Phi) is 5.09. The van der Waals surface area contributed by atoms with Crippen molar-refractivity contribution >= 4 is 27.7 Å². The minimum Gasteiger partial charge on any atom is -0.457 e. The quantitative estimate of drug-likeness (QED) is 0.287. The summed E-state index contributed by atoms with van der Waals surface area (Å²) in [4.78, 5) is -0.494. The monoisotopic (exact) mass is 482 g/mol. The molecule has 2 aromatic carbocycles. The van der Waals surface area contributed by atoms with Crippen molar-refractivity contribution in [2.24, 2.45) is 0 Å². The number of fused-ring (bicyclic) bond motifs is 2. The van der Waals surface area contributed by atoms with Gasteiger partial charge in [0.25, 0.3) is 0 Å². The molecule has 1 aliphatic carbocycles. The maximum atomic E-state index is 13.5. The van der Waals surface area contributed by atoms with Crippen LogP contribution >= 0.6 is 27.7 Å². The van der Waals surface area contributed by atoms with Crippen LogP contribution in [-0.2, 0) is 15.3 Å². The molecule has 10 heteroatoms. The summed E-state index contributed by atoms with van der Waals surface area (Å²) < 4.78 is 83.2. The average molecular weight is 483 g/mol. The maximum Gasteiger partial charge on any atom is 0.446 e. The second kappa shape index (κ2) is 7.16. The second-order valence-corrected chi connectivity index (χ2v) is 8.44. The van der Waals surface area contributed by atoms with E-state index >= 15 is 0 Å². The van der Waals surface area contributed by atoms with Gasteiger partial charge in [-0.15, -0.1) is 0 Å². The third kappa shape index (κ3) is 3.74. The highest BCUT2D eigenvalue weighted by molar-refractivity contribution is 9.09. The fraction of sp³-hybridized carbons (Fsp3) is 0.333. The lowest BCUT2D eigenvalue weighted by Gasteiger charge is -2.25. The van der Waals surface area contributed by atoms with Gasteiger partial charge in [-0.05, 0) is 23.9 Å². The summed E-state index contributed by atoms with van der Waals surface area (Å²) in [6.07, 6.45) is 0.242. The van der Waals surface area contributed by atoms with E-state index in [1.165, 1.54) is 12.1 Å². The predicted octanol–water partition coefficient (Wildman–Crippen LogP) is 6.41. The molecule has 1 unspecified atom stereocenters. The molecule has 0 aromatic heterocycles. The molecule has 4 rings (SSSR count). The standard InChI is InChI=1S/C18H12BrF5O3S/c19-12-8-17(25-3-4-26-17)16-14(28-18(22,23)24)2-1-13(15(12)16)27-11-6-9(20)5-10(21)7-11/h1-2,5-7,12H,3-4,8H2. The first-order valence-electron chi connectivity index (χ1n) is 8.16. The lowest BCUT2D eigenvalue weighted by Crippen LogP contribution is -2.24. The molecular formula is C18H12BrF5O3S. The Morgan fingerprint density at radius 2 is 1.71 bits per heavy atom. The molecule has 0 bridgehead atoms. The summed E-state index contributed by atoms with van der Waals surface area (Å²) in [5.74, 6) is -2.91. The molecule has 1 spiro atoms. The second-order valence-electron chi connectivity index (χ2n) is 6.23. The van der Waals surface area contributed by atoms with Crippen LogP contribution in [0.1, 0.15) is 22.4 Å². The molecule has 3 nitrogen and oxygen atoms in total. The van der Waals surface area contributed by atoms with Crippen LogP contribution in [0.25, 0.3) is 0 Å². The normalized spacial score (nSPS) is 20.6. The van der Waals surface area contributed by atoms with E-state index < -0.39 is 27.8 Å². The molecule has 2 aromatic rings. The zero-order chi connectivity index (χ0) is 20.1. The minimum absolute atomic E-state index is 0.0656. The lowest BCUT2D eigenvalue weighted by atomic mass is 10.1. The highest BCUT2D eigenvalue weighted by Gasteiger charge is 2.52. The first-order valence-corrected chi connectivity index (χ1v) is 9.89. The van der Waals surface area contributed by atoms with Gasteiger partial charge in [-0.2, -0.15) is 13.2 Å². The maximum absolute atomic E-state index is 13.5. The van der Waals surface area contributed by atoms with Gasteiger partial charge in [-0.25, -0.2) is 8.78 Å². The van der Waals surface area contributed by atoms with E-state index in [2.05, 4.69) is 15.9 Å². The van der Waals surface area contributed by atoms with E-state index in [0.717, 1.165) is 12.1 Å². The van der Waals surface area contributed by atoms with E-state index in [1.807, 2.05) is 0 Å². The first-order chi connectivity index (χ1) is 13.2. The minimum atomic E-state index is -4.51. The summed E-state index contributed by atoms with van der Waals surface area (Å²) >= 11 is 3.18. The summed E-state index contributed by atoms with van der Waals surface area (Å²) in [6, 6.07) is 5.27. The molecule has 1 atom stereocenters. The summed E-state index contributed by atoms with van der Waals surface area (Å²) in [6.45, 7) is 0.491. The van der Waals surface area contributed by atoms with Crippen LogP contribution in [0.4, 0.5) is 22.0 Å². The van der Waals surface area contributed by atoms with Crippen LogP contribution in [0.2, 0.25) is 0 Å². The van der Waals surface area contributed by atoms with E-state index in [-0.39, 0.29) is 53.4 Å². The van der Waals surface area contributed by atoms with Crippen molar-refractivity contribution in [2.75, 3.05) is 13.2 Å². The number of thioether (sulfide) groups is 1. The summed E-state index contributed by atoms with van der Waals surface area (Å²) in [5.41, 5.74) is -3.88. The molecule has 1 saturated heterocycles. The smallest absolute Gasteiger partial charge is 0.446 e. The number of ether oxygens (including phenoxy) is 3. The molecule has 2 aliphatic rings. The fourth-order valence-corrected chi connectivity index (χ4v) is 5.09. The molecular weight excluding hydrogens is 471 g/mol. The van der Waals surface area contributed by atoms with Crippen molar-refractivity contribution in [3.05, 3.63) is 53.1 Å². The number of hydrogen-bond acceptors (Lipinski definition) is 4. The third-order valence-corrected chi connectivity index (χ3v) is 5.93. The van der Waals surface area contributed by atoms with Crippen LogP contribution in [-0.4, -0.2) is 18.7 Å². The van der Waals surface area contributed by atoms with Gasteiger partial charge in [0.1, 0.15) is 23.1 Å². The Balaban J connectivity index is 1.82. The molecule has 1 fully saturated rings. The van der Waals surface area contributed by atoms with Gasteiger partial charge in [-0.3, -0.25) is 0 Å². The van der Waals surface area contributed by atoms with Crippen LogP contribution in [0, 0.1) is 11.6 Å². The first kappa shape index (κ1) is 19.9. The number of benzene rings is 2. The van der Waals surface area contributed by atoms with Gasteiger partial charge >= 0.3 is 5.51 Å². The Hall–Kier alpha value is -1.36. The molecule has 0 saturated carbocycles. The zero-order valence-electron chi connectivity index (χ0n) is 14.0. The van der Waals surface area contributed by atoms with Gasteiger partial charge in [-0.1, -0.05) is 15.9 Å². The van der Waals surface area contributed by atoms with Crippen molar-refractivity contribution in [3.63, 3.8) is 0 Å². The molecule has 28 heavy (non-hydrogen) atoms. The zero-order valence-corrected chi connectivity index (χ0v) is 16.4. The van der Waals surface area contributed by atoms with Crippen LogP contribution in [0.3, 0.4) is 0 Å². The van der Waals surface area contributed by atoms with E-state index in [0.29, 0.717) is 11.6 Å². The number of alkyl halides is 4. The topological polar surface area (TPSA) is 27.7 Å². The Bertz CT molecular complexity index is 895. The van der Waals surface area contributed by atoms with Crippen molar-refractivity contribution < 1.29 is 36.2 Å². The highest BCUT2D eigenvalue weighted by atomic mass is 79.9. The molecule has 0 amide bonds. The van der Waals surface area contributed by atoms with Crippen LogP contribution in [0.5, 0.6) is 11.5 Å². The van der Waals surface area contributed by atoms with E-state index in [9.17, 15) is 22.0 Å². The van der Waals surface area contributed by atoms with Gasteiger partial charge in [0.15, 0.2) is 5.79 Å². The van der Waals surface area contributed by atoms with Gasteiger partial charge < -0.3 is 14.2 Å². The highest BCUT2D eigenvalue weighted by Crippen LogP contribution is 2.59. The van der Waals surface area contributed by atoms with E-state index in [4.69, 9.17) is 14.2 Å². The number of halogens is 6. The molecule has 1 heterocycles. The number of rotatable bonds is 3. The molecule has 1 aliphatic heterocycles. The van der Waals surface area contributed by atoms with Crippen molar-refractivity contribution in [3.8, 4) is 11.5 Å². The van der Waals surface area contributed by atoms with Crippen molar-refractivity contribution in [1.82, 2.24) is 0 Å². The Labute approximate surface area is 169 Å². The third-order valence-electron chi connectivity index (χ3n) is 4.35. The fourth-order valence-electron chi connectivity index (χ4n) is 3.45. The number of hydrogen-bond donors (Lipinski definition) is 0. The predicted molar refractivity (Wildman–Crippen MR) is 94.7 cm³/mol. The van der Waals surface area contributed by atoms with Gasteiger partial charge in [0.05, 0.1) is 13.2 Å².